The number of ketones is 1. The molecule has 0 aromatic heterocycles. The topological polar surface area (TPSA) is 17.1 Å². The van der Waals surface area contributed by atoms with Crippen LogP contribution in [0.4, 0.5) is 0 Å². The maximum absolute atomic E-state index is 12.0. The summed E-state index contributed by atoms with van der Waals surface area (Å²) in [4.78, 5) is 12.0. The number of hydrogen-bond acceptors (Lipinski definition) is 1. The second-order valence-electron chi connectivity index (χ2n) is 4.72. The minimum Gasteiger partial charge on any atom is -0.290 e. The highest BCUT2D eigenvalue weighted by atomic mass is 16.1. The zero-order valence-corrected chi connectivity index (χ0v) is 10.1. The minimum atomic E-state index is -0.0198. The third-order valence-electron chi connectivity index (χ3n) is 2.82. The molecule has 0 atom stereocenters. The Morgan fingerprint density at radius 2 is 2.20 bits per heavy atom. The fraction of sp³-hybridized carbons (Fsp3) is 0.500. The highest BCUT2D eigenvalue weighted by molar-refractivity contribution is 6.05. The molecule has 82 valence electrons. The van der Waals surface area contributed by atoms with Crippen LogP contribution in [-0.2, 0) is 4.79 Å². The van der Waals surface area contributed by atoms with E-state index in [0.29, 0.717) is 0 Å². The molecule has 0 amide bonds. The molecule has 15 heavy (non-hydrogen) atoms. The van der Waals surface area contributed by atoms with Gasteiger partial charge in [-0.25, -0.2) is 0 Å². The van der Waals surface area contributed by atoms with Crippen molar-refractivity contribution in [1.29, 1.82) is 0 Å². The molecule has 1 rings (SSSR count). The molecular weight excluding hydrogens is 184 g/mol. The number of carbonyl (C=O) groups is 1. The summed E-state index contributed by atoms with van der Waals surface area (Å²) < 4.78 is 0. The van der Waals surface area contributed by atoms with E-state index >= 15 is 0 Å². The molecule has 0 bridgehead atoms. The normalized spacial score (nSPS) is 20.0. The van der Waals surface area contributed by atoms with Crippen molar-refractivity contribution in [1.82, 2.24) is 0 Å². The summed E-state index contributed by atoms with van der Waals surface area (Å²) in [5.41, 5.74) is 2.06. The van der Waals surface area contributed by atoms with Crippen LogP contribution < -0.4 is 0 Å². The number of carbonyl (C=O) groups excluding carboxylic acids is 1. The highest BCUT2D eigenvalue weighted by Crippen LogP contribution is 2.37. The van der Waals surface area contributed by atoms with Gasteiger partial charge in [-0.3, -0.25) is 4.79 Å². The van der Waals surface area contributed by atoms with Gasteiger partial charge in [0, 0.05) is 5.57 Å². The van der Waals surface area contributed by atoms with E-state index in [1.807, 2.05) is 19.9 Å². The van der Waals surface area contributed by atoms with Crippen LogP contribution >= 0.6 is 0 Å². The molecule has 0 unspecified atom stereocenters. The Hall–Kier alpha value is -1.11. The van der Waals surface area contributed by atoms with E-state index in [0.717, 1.165) is 24.0 Å². The van der Waals surface area contributed by atoms with Gasteiger partial charge in [0.15, 0.2) is 5.78 Å². The predicted octanol–water partition coefficient (Wildman–Crippen LogP) is 3.82. The van der Waals surface area contributed by atoms with Gasteiger partial charge in [0.25, 0.3) is 0 Å². The predicted molar refractivity (Wildman–Crippen MR) is 64.7 cm³/mol. The number of hydrogen-bond donors (Lipinski definition) is 0. The van der Waals surface area contributed by atoms with E-state index in [1.54, 1.807) is 6.08 Å². The van der Waals surface area contributed by atoms with E-state index in [2.05, 4.69) is 26.0 Å². The fourth-order valence-corrected chi connectivity index (χ4v) is 2.09. The first-order valence-electron chi connectivity index (χ1n) is 5.58. The van der Waals surface area contributed by atoms with Crippen LogP contribution in [0.5, 0.6) is 0 Å². The molecule has 1 aliphatic carbocycles. The standard InChI is InChI=1S/C14H20O/c1-5-6-9-12(15)13-11(2)8-7-10-14(13,3)4/h6-9H,5,10H2,1-4H3. The fourth-order valence-electron chi connectivity index (χ4n) is 2.09. The quantitative estimate of drug-likeness (QED) is 0.639. The molecule has 1 aliphatic rings. The van der Waals surface area contributed by atoms with Crippen molar-refractivity contribution in [2.75, 3.05) is 0 Å². The Labute approximate surface area is 92.6 Å². The number of rotatable bonds is 3. The van der Waals surface area contributed by atoms with E-state index in [9.17, 15) is 4.79 Å². The molecule has 0 heterocycles. The van der Waals surface area contributed by atoms with Crippen LogP contribution in [0.3, 0.4) is 0 Å². The van der Waals surface area contributed by atoms with Gasteiger partial charge >= 0.3 is 0 Å². The zero-order chi connectivity index (χ0) is 11.5. The van der Waals surface area contributed by atoms with E-state index in [4.69, 9.17) is 0 Å². The van der Waals surface area contributed by atoms with E-state index in [1.165, 1.54) is 0 Å². The summed E-state index contributed by atoms with van der Waals surface area (Å²) in [5, 5.41) is 0. The highest BCUT2D eigenvalue weighted by Gasteiger charge is 2.29. The third kappa shape index (κ3) is 2.68. The molecule has 0 saturated carbocycles. The lowest BCUT2D eigenvalue weighted by Gasteiger charge is -2.29. The molecule has 0 fully saturated rings. The van der Waals surface area contributed by atoms with Gasteiger partial charge in [0.05, 0.1) is 0 Å². The van der Waals surface area contributed by atoms with Crippen molar-refractivity contribution in [2.24, 2.45) is 5.41 Å². The smallest absolute Gasteiger partial charge is 0.182 e. The van der Waals surface area contributed by atoms with Crippen molar-refractivity contribution in [3.05, 3.63) is 35.5 Å². The van der Waals surface area contributed by atoms with Gasteiger partial charge in [-0.1, -0.05) is 39.0 Å². The van der Waals surface area contributed by atoms with Gasteiger partial charge < -0.3 is 0 Å². The van der Waals surface area contributed by atoms with Crippen molar-refractivity contribution in [3.8, 4) is 0 Å². The van der Waals surface area contributed by atoms with Crippen molar-refractivity contribution < 1.29 is 4.79 Å². The molecule has 0 aromatic rings. The maximum atomic E-state index is 12.0. The number of allylic oxidation sites excluding steroid dienone is 6. The maximum Gasteiger partial charge on any atom is 0.182 e. The third-order valence-corrected chi connectivity index (χ3v) is 2.82. The molecule has 0 aromatic carbocycles. The second kappa shape index (κ2) is 4.61. The molecular formula is C14H20O. The van der Waals surface area contributed by atoms with Crippen LogP contribution in [0.2, 0.25) is 0 Å². The molecule has 1 nitrogen and oxygen atoms in total. The molecule has 0 radical (unpaired) electrons. The van der Waals surface area contributed by atoms with Gasteiger partial charge in [-0.2, -0.15) is 0 Å². The SMILES string of the molecule is CCC=CC(=O)C1=C(C)C=CCC1(C)C. The Kier molecular flexibility index (Phi) is 3.67. The van der Waals surface area contributed by atoms with Crippen molar-refractivity contribution >= 4 is 5.78 Å². The summed E-state index contributed by atoms with van der Waals surface area (Å²) in [7, 11) is 0. The average molecular weight is 204 g/mol. The minimum absolute atomic E-state index is 0.0198. The van der Waals surface area contributed by atoms with Crippen LogP contribution in [0.25, 0.3) is 0 Å². The monoisotopic (exact) mass is 204 g/mol. The summed E-state index contributed by atoms with van der Waals surface area (Å²) >= 11 is 0. The lowest BCUT2D eigenvalue weighted by Crippen LogP contribution is -2.23. The molecule has 0 aliphatic heterocycles. The first-order valence-corrected chi connectivity index (χ1v) is 5.58. The first kappa shape index (κ1) is 12.0. The Morgan fingerprint density at radius 1 is 1.53 bits per heavy atom. The van der Waals surface area contributed by atoms with E-state index < -0.39 is 0 Å². The molecule has 1 heteroatoms. The average Bonchev–Trinajstić information content (AvgIpc) is 2.13. The first-order chi connectivity index (χ1) is 6.99. The Balaban J connectivity index is 3.04. The molecule has 0 saturated heterocycles. The lowest BCUT2D eigenvalue weighted by molar-refractivity contribution is -0.112. The van der Waals surface area contributed by atoms with Gasteiger partial charge in [0.1, 0.15) is 0 Å². The van der Waals surface area contributed by atoms with Crippen molar-refractivity contribution in [3.63, 3.8) is 0 Å². The molecule has 0 N–H and O–H groups in total. The van der Waals surface area contributed by atoms with Crippen molar-refractivity contribution in [2.45, 2.75) is 40.5 Å². The van der Waals surface area contributed by atoms with Crippen LogP contribution in [0, 0.1) is 5.41 Å². The summed E-state index contributed by atoms with van der Waals surface area (Å²) in [6, 6.07) is 0. The summed E-state index contributed by atoms with van der Waals surface area (Å²) in [6.45, 7) is 8.32. The largest absolute Gasteiger partial charge is 0.290 e. The summed E-state index contributed by atoms with van der Waals surface area (Å²) in [5.74, 6) is 0.170. The second-order valence-corrected chi connectivity index (χ2v) is 4.72. The Morgan fingerprint density at radius 3 is 2.73 bits per heavy atom. The van der Waals surface area contributed by atoms with E-state index in [-0.39, 0.29) is 11.2 Å². The van der Waals surface area contributed by atoms with Gasteiger partial charge in [0.2, 0.25) is 0 Å². The Bertz CT molecular complexity index is 340. The van der Waals surface area contributed by atoms with Crippen LogP contribution in [0.1, 0.15) is 40.5 Å². The van der Waals surface area contributed by atoms with Gasteiger partial charge in [-0.15, -0.1) is 0 Å². The van der Waals surface area contributed by atoms with Crippen LogP contribution in [0.15, 0.2) is 35.5 Å². The lowest BCUT2D eigenvalue weighted by atomic mass is 9.74. The summed E-state index contributed by atoms with van der Waals surface area (Å²) in [6.07, 6.45) is 9.70. The molecule has 0 spiro atoms. The van der Waals surface area contributed by atoms with Crippen LogP contribution in [-0.4, -0.2) is 5.78 Å². The zero-order valence-electron chi connectivity index (χ0n) is 10.1. The van der Waals surface area contributed by atoms with Gasteiger partial charge in [-0.05, 0) is 36.8 Å².